The molecule has 0 saturated carbocycles. The second kappa shape index (κ2) is 4.09. The molecule has 6 heteroatoms. The maximum Gasteiger partial charge on any atom is 0.304 e. The van der Waals surface area contributed by atoms with Crippen LogP contribution in [0.1, 0.15) is 5.56 Å². The fourth-order valence-electron chi connectivity index (χ4n) is 1.39. The first kappa shape index (κ1) is 10.3. The van der Waals surface area contributed by atoms with E-state index in [4.69, 9.17) is 0 Å². The first-order valence-corrected chi connectivity index (χ1v) is 4.55. The standard InChI is InChI=1S/C10H8FN3O2/c11-9-5-8(1-2-10(9)14(15)16)6-13-4-3-12-7-13/h1-5,7H,6H2. The Balaban J connectivity index is 2.24. The average molecular weight is 221 g/mol. The lowest BCUT2D eigenvalue weighted by molar-refractivity contribution is -0.387. The van der Waals surface area contributed by atoms with Gasteiger partial charge in [0.1, 0.15) is 0 Å². The molecule has 1 heterocycles. The van der Waals surface area contributed by atoms with Crippen LogP contribution in [-0.2, 0) is 6.54 Å². The molecule has 0 N–H and O–H groups in total. The van der Waals surface area contributed by atoms with Crippen LogP contribution in [0, 0.1) is 15.9 Å². The van der Waals surface area contributed by atoms with E-state index in [0.717, 1.165) is 6.07 Å². The van der Waals surface area contributed by atoms with Crippen molar-refractivity contribution in [2.24, 2.45) is 0 Å². The summed E-state index contributed by atoms with van der Waals surface area (Å²) in [6.07, 6.45) is 4.94. The lowest BCUT2D eigenvalue weighted by atomic mass is 10.2. The van der Waals surface area contributed by atoms with Gasteiger partial charge in [0.25, 0.3) is 0 Å². The Morgan fingerprint density at radius 2 is 2.31 bits per heavy atom. The van der Waals surface area contributed by atoms with E-state index in [1.54, 1.807) is 23.3 Å². The highest BCUT2D eigenvalue weighted by atomic mass is 19.1. The van der Waals surface area contributed by atoms with Gasteiger partial charge in [-0.15, -0.1) is 0 Å². The summed E-state index contributed by atoms with van der Waals surface area (Å²) in [5.41, 5.74) is 0.149. The molecule has 0 amide bonds. The van der Waals surface area contributed by atoms with Gasteiger partial charge in [-0.05, 0) is 11.6 Å². The van der Waals surface area contributed by atoms with Gasteiger partial charge in [-0.3, -0.25) is 10.1 Å². The zero-order chi connectivity index (χ0) is 11.5. The Labute approximate surface area is 90.3 Å². The molecule has 0 aliphatic carbocycles. The second-order valence-corrected chi connectivity index (χ2v) is 3.28. The molecule has 0 atom stereocenters. The first-order chi connectivity index (χ1) is 7.66. The Morgan fingerprint density at radius 1 is 1.50 bits per heavy atom. The Kier molecular flexibility index (Phi) is 2.63. The quantitative estimate of drug-likeness (QED) is 0.588. The molecule has 16 heavy (non-hydrogen) atoms. The highest BCUT2D eigenvalue weighted by Gasteiger charge is 2.13. The smallest absolute Gasteiger partial charge is 0.304 e. The number of nitro benzene ring substituents is 1. The monoisotopic (exact) mass is 221 g/mol. The van der Waals surface area contributed by atoms with Crippen LogP contribution in [0.25, 0.3) is 0 Å². The lowest BCUT2D eigenvalue weighted by Gasteiger charge is -2.02. The summed E-state index contributed by atoms with van der Waals surface area (Å²) in [5, 5.41) is 10.4. The minimum atomic E-state index is -0.817. The topological polar surface area (TPSA) is 61.0 Å². The highest BCUT2D eigenvalue weighted by molar-refractivity contribution is 5.35. The first-order valence-electron chi connectivity index (χ1n) is 4.55. The Morgan fingerprint density at radius 3 is 2.88 bits per heavy atom. The molecule has 2 aromatic rings. The molecular formula is C10H8FN3O2. The van der Waals surface area contributed by atoms with E-state index >= 15 is 0 Å². The molecule has 2 rings (SSSR count). The van der Waals surface area contributed by atoms with Crippen LogP contribution in [0.2, 0.25) is 0 Å². The molecule has 1 aromatic carbocycles. The fourth-order valence-corrected chi connectivity index (χ4v) is 1.39. The molecule has 0 aliphatic rings. The third-order valence-corrected chi connectivity index (χ3v) is 2.13. The SMILES string of the molecule is O=[N+]([O-])c1ccc(Cn2ccnc2)cc1F. The molecule has 0 fully saturated rings. The van der Waals surface area contributed by atoms with Crippen molar-refractivity contribution in [1.82, 2.24) is 9.55 Å². The van der Waals surface area contributed by atoms with Crippen LogP contribution in [0.3, 0.4) is 0 Å². The number of halogens is 1. The van der Waals surface area contributed by atoms with Crippen molar-refractivity contribution in [3.05, 3.63) is 58.4 Å². The lowest BCUT2D eigenvalue weighted by Crippen LogP contribution is -1.99. The molecule has 1 aromatic heterocycles. The number of hydrogen-bond acceptors (Lipinski definition) is 3. The zero-order valence-corrected chi connectivity index (χ0v) is 8.21. The molecule has 0 radical (unpaired) electrons. The second-order valence-electron chi connectivity index (χ2n) is 3.28. The number of benzene rings is 1. The highest BCUT2D eigenvalue weighted by Crippen LogP contribution is 2.18. The normalized spacial score (nSPS) is 10.3. The minimum absolute atomic E-state index is 0.439. The van der Waals surface area contributed by atoms with Crippen molar-refractivity contribution < 1.29 is 9.31 Å². The molecule has 0 saturated heterocycles. The number of hydrogen-bond donors (Lipinski definition) is 0. The van der Waals surface area contributed by atoms with E-state index in [9.17, 15) is 14.5 Å². The summed E-state index contributed by atoms with van der Waals surface area (Å²) < 4.78 is 15.0. The zero-order valence-electron chi connectivity index (χ0n) is 8.21. The number of imidazole rings is 1. The summed E-state index contributed by atoms with van der Waals surface area (Å²) >= 11 is 0. The van der Waals surface area contributed by atoms with Gasteiger partial charge in [0.05, 0.1) is 11.3 Å². The average Bonchev–Trinajstić information content (AvgIpc) is 2.70. The summed E-state index contributed by atoms with van der Waals surface area (Å²) in [6, 6.07) is 3.86. The third-order valence-electron chi connectivity index (χ3n) is 2.13. The summed E-state index contributed by atoms with van der Waals surface area (Å²) in [6.45, 7) is 0.439. The van der Waals surface area contributed by atoms with E-state index < -0.39 is 16.4 Å². The van der Waals surface area contributed by atoms with Gasteiger partial charge in [-0.2, -0.15) is 4.39 Å². The van der Waals surface area contributed by atoms with Gasteiger partial charge in [-0.1, -0.05) is 6.07 Å². The van der Waals surface area contributed by atoms with Crippen LogP contribution < -0.4 is 0 Å². The minimum Gasteiger partial charge on any atom is -0.333 e. The number of nitro groups is 1. The van der Waals surface area contributed by atoms with Gasteiger partial charge in [0.15, 0.2) is 0 Å². The van der Waals surface area contributed by atoms with Crippen LogP contribution in [0.4, 0.5) is 10.1 Å². The van der Waals surface area contributed by atoms with Crippen LogP contribution in [-0.4, -0.2) is 14.5 Å². The van der Waals surface area contributed by atoms with Crippen LogP contribution >= 0.6 is 0 Å². The molecule has 5 nitrogen and oxygen atoms in total. The number of aromatic nitrogens is 2. The number of nitrogens with zero attached hydrogens (tertiary/aromatic N) is 3. The van der Waals surface area contributed by atoms with Crippen LogP contribution in [0.5, 0.6) is 0 Å². The maximum absolute atomic E-state index is 13.3. The Bertz CT molecular complexity index is 511. The van der Waals surface area contributed by atoms with E-state index in [0.29, 0.717) is 12.1 Å². The van der Waals surface area contributed by atoms with Crippen molar-refractivity contribution in [3.8, 4) is 0 Å². The van der Waals surface area contributed by atoms with Crippen molar-refractivity contribution in [2.45, 2.75) is 6.54 Å². The predicted molar refractivity (Wildman–Crippen MR) is 54.4 cm³/mol. The van der Waals surface area contributed by atoms with Gasteiger partial charge in [0, 0.05) is 25.0 Å². The van der Waals surface area contributed by atoms with Crippen LogP contribution in [0.15, 0.2) is 36.9 Å². The molecular weight excluding hydrogens is 213 g/mol. The van der Waals surface area contributed by atoms with E-state index in [1.165, 1.54) is 12.1 Å². The van der Waals surface area contributed by atoms with Gasteiger partial charge < -0.3 is 4.57 Å². The van der Waals surface area contributed by atoms with Crippen molar-refractivity contribution >= 4 is 5.69 Å². The van der Waals surface area contributed by atoms with E-state index in [-0.39, 0.29) is 0 Å². The molecule has 0 bridgehead atoms. The maximum atomic E-state index is 13.3. The fraction of sp³-hybridized carbons (Fsp3) is 0.100. The summed E-state index contributed by atoms with van der Waals surface area (Å²) in [4.78, 5) is 13.5. The Hall–Kier alpha value is -2.24. The molecule has 0 unspecified atom stereocenters. The third kappa shape index (κ3) is 2.05. The van der Waals surface area contributed by atoms with Gasteiger partial charge in [-0.25, -0.2) is 4.98 Å². The van der Waals surface area contributed by atoms with Crippen molar-refractivity contribution in [2.75, 3.05) is 0 Å². The molecule has 82 valence electrons. The largest absolute Gasteiger partial charge is 0.333 e. The van der Waals surface area contributed by atoms with Gasteiger partial charge >= 0.3 is 5.69 Å². The predicted octanol–water partition coefficient (Wildman–Crippen LogP) is 1.98. The number of rotatable bonds is 3. The van der Waals surface area contributed by atoms with Crippen molar-refractivity contribution in [1.29, 1.82) is 0 Å². The van der Waals surface area contributed by atoms with E-state index in [2.05, 4.69) is 4.98 Å². The molecule has 0 spiro atoms. The molecule has 0 aliphatic heterocycles. The van der Waals surface area contributed by atoms with Gasteiger partial charge in [0.2, 0.25) is 5.82 Å². The summed E-state index contributed by atoms with van der Waals surface area (Å²) in [7, 11) is 0. The van der Waals surface area contributed by atoms with Crippen molar-refractivity contribution in [3.63, 3.8) is 0 Å². The van der Waals surface area contributed by atoms with E-state index in [1.807, 2.05) is 0 Å². The summed E-state index contributed by atoms with van der Waals surface area (Å²) in [5.74, 6) is -0.817.